The third kappa shape index (κ3) is 4.14. The number of hydrogen-bond donors (Lipinski definition) is 0. The predicted octanol–water partition coefficient (Wildman–Crippen LogP) is 5.98. The highest BCUT2D eigenvalue weighted by molar-refractivity contribution is 4.83. The Balaban J connectivity index is 1.66. The third-order valence-electron chi connectivity index (χ3n) is 5.60. The molecule has 2 aliphatic carbocycles. The Hall–Kier alpha value is -0.260. The highest BCUT2D eigenvalue weighted by atomic mass is 14.3. The van der Waals surface area contributed by atoms with E-state index >= 15 is 0 Å². The average molecular weight is 248 g/mol. The maximum atomic E-state index is 2.44. The Kier molecular flexibility index (Phi) is 5.79. The van der Waals surface area contributed by atoms with E-state index in [-0.39, 0.29) is 0 Å². The molecule has 0 N–H and O–H groups in total. The molecule has 104 valence electrons. The zero-order valence-corrected chi connectivity index (χ0v) is 12.5. The summed E-state index contributed by atoms with van der Waals surface area (Å²) in [6, 6.07) is 0. The van der Waals surface area contributed by atoms with E-state index in [2.05, 4.69) is 26.0 Å². The maximum absolute atomic E-state index is 2.44. The van der Waals surface area contributed by atoms with Crippen molar-refractivity contribution in [3.63, 3.8) is 0 Å². The van der Waals surface area contributed by atoms with Crippen molar-refractivity contribution >= 4 is 0 Å². The molecule has 0 spiro atoms. The van der Waals surface area contributed by atoms with Crippen molar-refractivity contribution in [2.24, 2.45) is 23.7 Å². The van der Waals surface area contributed by atoms with Crippen molar-refractivity contribution in [1.29, 1.82) is 0 Å². The molecule has 0 unspecified atom stereocenters. The van der Waals surface area contributed by atoms with Gasteiger partial charge in [0.1, 0.15) is 0 Å². The van der Waals surface area contributed by atoms with Gasteiger partial charge in [0.05, 0.1) is 0 Å². The molecule has 0 heteroatoms. The molecule has 0 aromatic heterocycles. The molecule has 2 aliphatic rings. The Morgan fingerprint density at radius 3 is 1.94 bits per heavy atom. The van der Waals surface area contributed by atoms with Gasteiger partial charge < -0.3 is 0 Å². The van der Waals surface area contributed by atoms with E-state index < -0.39 is 0 Å². The summed E-state index contributed by atoms with van der Waals surface area (Å²) in [4.78, 5) is 0. The van der Waals surface area contributed by atoms with Gasteiger partial charge in [0, 0.05) is 0 Å². The molecule has 0 aromatic carbocycles. The summed E-state index contributed by atoms with van der Waals surface area (Å²) in [5.74, 6) is 4.24. The number of hydrogen-bond acceptors (Lipinski definition) is 0. The zero-order valence-electron chi connectivity index (χ0n) is 12.5. The van der Waals surface area contributed by atoms with Crippen LogP contribution >= 0.6 is 0 Å². The molecular weight excluding hydrogens is 216 g/mol. The fourth-order valence-electron chi connectivity index (χ4n) is 4.20. The summed E-state index contributed by atoms with van der Waals surface area (Å²) in [5.41, 5.74) is 0. The van der Waals surface area contributed by atoms with Gasteiger partial charge in [-0.3, -0.25) is 0 Å². The van der Waals surface area contributed by atoms with Crippen molar-refractivity contribution in [3.05, 3.63) is 12.2 Å². The lowest BCUT2D eigenvalue weighted by molar-refractivity contribution is 0.148. The summed E-state index contributed by atoms with van der Waals surface area (Å²) in [7, 11) is 0. The minimum atomic E-state index is 1.01. The minimum Gasteiger partial charge on any atom is -0.0917 e. The Morgan fingerprint density at radius 1 is 0.833 bits per heavy atom. The molecule has 0 amide bonds. The lowest BCUT2D eigenvalue weighted by Gasteiger charge is -2.37. The molecular formula is C18H32. The van der Waals surface area contributed by atoms with E-state index in [0.717, 1.165) is 23.7 Å². The van der Waals surface area contributed by atoms with Crippen molar-refractivity contribution in [2.45, 2.75) is 78.1 Å². The van der Waals surface area contributed by atoms with E-state index in [9.17, 15) is 0 Å². The molecule has 0 bridgehead atoms. The first-order chi connectivity index (χ1) is 8.79. The lowest BCUT2D eigenvalue weighted by atomic mass is 9.69. The van der Waals surface area contributed by atoms with E-state index in [1.807, 2.05) is 0 Å². The van der Waals surface area contributed by atoms with Gasteiger partial charge in [0.25, 0.3) is 0 Å². The first kappa shape index (κ1) is 14.2. The van der Waals surface area contributed by atoms with Crippen molar-refractivity contribution in [1.82, 2.24) is 0 Å². The van der Waals surface area contributed by atoms with Crippen LogP contribution in [0.3, 0.4) is 0 Å². The molecule has 0 radical (unpaired) electrons. The van der Waals surface area contributed by atoms with E-state index in [4.69, 9.17) is 0 Å². The van der Waals surface area contributed by atoms with E-state index in [1.54, 1.807) is 12.8 Å². The monoisotopic (exact) mass is 248 g/mol. The molecule has 0 aliphatic heterocycles. The first-order valence-corrected chi connectivity index (χ1v) is 8.40. The summed E-state index contributed by atoms with van der Waals surface area (Å²) in [6.45, 7) is 4.58. The summed E-state index contributed by atoms with van der Waals surface area (Å²) in [6.07, 6.45) is 19.5. The Labute approximate surface area is 114 Å². The fraction of sp³-hybridized carbons (Fsp3) is 0.889. The second kappa shape index (κ2) is 7.36. The van der Waals surface area contributed by atoms with Crippen molar-refractivity contribution < 1.29 is 0 Å². The van der Waals surface area contributed by atoms with Crippen molar-refractivity contribution in [3.8, 4) is 0 Å². The van der Waals surface area contributed by atoms with E-state index in [1.165, 1.54) is 51.4 Å². The highest BCUT2D eigenvalue weighted by Crippen LogP contribution is 2.42. The van der Waals surface area contributed by atoms with Crippen LogP contribution in [0.5, 0.6) is 0 Å². The van der Waals surface area contributed by atoms with Crippen LogP contribution < -0.4 is 0 Å². The average Bonchev–Trinajstić information content (AvgIpc) is 2.41. The normalized spacial score (nSPS) is 38.1. The molecule has 0 atom stereocenters. The van der Waals surface area contributed by atoms with Crippen LogP contribution in [0.4, 0.5) is 0 Å². The van der Waals surface area contributed by atoms with Gasteiger partial charge in [-0.05, 0) is 69.1 Å². The SMILES string of the molecule is C/C=C/CCC1CCC(C2CCC(C)CC2)CC1. The second-order valence-corrected chi connectivity index (χ2v) is 6.95. The van der Waals surface area contributed by atoms with Gasteiger partial charge in [0.15, 0.2) is 0 Å². The second-order valence-electron chi connectivity index (χ2n) is 6.95. The van der Waals surface area contributed by atoms with Crippen LogP contribution in [0.15, 0.2) is 12.2 Å². The molecule has 0 heterocycles. The predicted molar refractivity (Wildman–Crippen MR) is 80.6 cm³/mol. The maximum Gasteiger partial charge on any atom is -0.0348 e. The summed E-state index contributed by atoms with van der Waals surface area (Å²) < 4.78 is 0. The lowest BCUT2D eigenvalue weighted by Crippen LogP contribution is -2.25. The minimum absolute atomic E-state index is 1.01. The van der Waals surface area contributed by atoms with Crippen LogP contribution in [0.2, 0.25) is 0 Å². The molecule has 2 fully saturated rings. The van der Waals surface area contributed by atoms with Gasteiger partial charge in [-0.15, -0.1) is 0 Å². The topological polar surface area (TPSA) is 0 Å². The largest absolute Gasteiger partial charge is 0.0917 e. The van der Waals surface area contributed by atoms with Crippen LogP contribution in [-0.2, 0) is 0 Å². The molecule has 2 saturated carbocycles. The zero-order chi connectivity index (χ0) is 12.8. The highest BCUT2D eigenvalue weighted by Gasteiger charge is 2.29. The van der Waals surface area contributed by atoms with Crippen LogP contribution in [-0.4, -0.2) is 0 Å². The Bertz CT molecular complexity index is 237. The van der Waals surface area contributed by atoms with Gasteiger partial charge in [0.2, 0.25) is 0 Å². The molecule has 2 rings (SSSR count). The third-order valence-corrected chi connectivity index (χ3v) is 5.60. The number of rotatable bonds is 4. The molecule has 0 aromatic rings. The molecule has 0 nitrogen and oxygen atoms in total. The number of allylic oxidation sites excluding steroid dienone is 2. The van der Waals surface area contributed by atoms with Crippen LogP contribution in [0.25, 0.3) is 0 Å². The fourth-order valence-corrected chi connectivity index (χ4v) is 4.20. The molecule has 0 saturated heterocycles. The standard InChI is InChI=1S/C18H32/c1-3-4-5-6-16-9-13-18(14-10-16)17-11-7-15(2)8-12-17/h3-4,15-18H,5-14H2,1-2H3/b4-3+. The van der Waals surface area contributed by atoms with Crippen LogP contribution in [0.1, 0.15) is 78.1 Å². The van der Waals surface area contributed by atoms with Gasteiger partial charge in [-0.25, -0.2) is 0 Å². The summed E-state index contributed by atoms with van der Waals surface area (Å²) in [5, 5.41) is 0. The first-order valence-electron chi connectivity index (χ1n) is 8.40. The van der Waals surface area contributed by atoms with Crippen LogP contribution in [0, 0.1) is 23.7 Å². The van der Waals surface area contributed by atoms with E-state index in [0.29, 0.717) is 0 Å². The van der Waals surface area contributed by atoms with Crippen molar-refractivity contribution in [2.75, 3.05) is 0 Å². The smallest absolute Gasteiger partial charge is 0.0348 e. The quantitative estimate of drug-likeness (QED) is 0.537. The van der Waals surface area contributed by atoms with Gasteiger partial charge in [-0.2, -0.15) is 0 Å². The molecule has 18 heavy (non-hydrogen) atoms. The Morgan fingerprint density at radius 2 is 1.39 bits per heavy atom. The van der Waals surface area contributed by atoms with Gasteiger partial charge in [-0.1, -0.05) is 44.8 Å². The van der Waals surface area contributed by atoms with Gasteiger partial charge >= 0.3 is 0 Å². The summed E-state index contributed by atoms with van der Waals surface area (Å²) >= 11 is 0.